The molecule has 0 N–H and O–H groups in total. The zero-order valence-electron chi connectivity index (χ0n) is 14.5. The Balaban J connectivity index is 1.47. The third-order valence-corrected chi connectivity index (χ3v) is 4.98. The summed E-state index contributed by atoms with van der Waals surface area (Å²) in [5, 5.41) is 9.33. The third kappa shape index (κ3) is 3.55. The maximum absolute atomic E-state index is 5.99. The first-order valence-corrected chi connectivity index (χ1v) is 9.20. The summed E-state index contributed by atoms with van der Waals surface area (Å²) in [4.78, 5) is 8.67. The van der Waals surface area contributed by atoms with E-state index >= 15 is 0 Å². The van der Waals surface area contributed by atoms with Crippen LogP contribution < -0.4 is 4.74 Å². The van der Waals surface area contributed by atoms with Crippen LogP contribution in [0.3, 0.4) is 0 Å². The Morgan fingerprint density at radius 1 is 1.04 bits per heavy atom. The molecule has 0 amide bonds. The Kier molecular flexibility index (Phi) is 4.84. The molecule has 3 aromatic heterocycles. The molecule has 1 aliphatic carbocycles. The SMILES string of the molecule is Cc1nnc([C@H]2CC[C@H](Oc3ccccn3)CC2)n1-c1ccc(Cl)cn1. The summed E-state index contributed by atoms with van der Waals surface area (Å²) in [6.45, 7) is 1.95. The van der Waals surface area contributed by atoms with Crippen molar-refractivity contribution in [2.75, 3.05) is 0 Å². The Morgan fingerprint density at radius 2 is 1.88 bits per heavy atom. The molecule has 0 radical (unpaired) electrons. The fourth-order valence-electron chi connectivity index (χ4n) is 3.45. The van der Waals surface area contributed by atoms with Gasteiger partial charge in [-0.1, -0.05) is 17.7 Å². The van der Waals surface area contributed by atoms with Crippen molar-refractivity contribution >= 4 is 11.6 Å². The topological polar surface area (TPSA) is 65.7 Å². The minimum atomic E-state index is 0.201. The van der Waals surface area contributed by atoms with Crippen LogP contribution in [0.5, 0.6) is 5.88 Å². The van der Waals surface area contributed by atoms with Crippen molar-refractivity contribution in [2.45, 2.75) is 44.6 Å². The summed E-state index contributed by atoms with van der Waals surface area (Å²) >= 11 is 5.96. The summed E-state index contributed by atoms with van der Waals surface area (Å²) < 4.78 is 8.02. The van der Waals surface area contributed by atoms with Gasteiger partial charge in [-0.05, 0) is 50.8 Å². The van der Waals surface area contributed by atoms with E-state index < -0.39 is 0 Å². The van der Waals surface area contributed by atoms with E-state index in [1.807, 2.05) is 41.8 Å². The van der Waals surface area contributed by atoms with Gasteiger partial charge in [0.2, 0.25) is 5.88 Å². The number of pyridine rings is 2. The maximum atomic E-state index is 5.99. The van der Waals surface area contributed by atoms with Crippen molar-refractivity contribution in [1.29, 1.82) is 0 Å². The Morgan fingerprint density at radius 3 is 2.58 bits per heavy atom. The van der Waals surface area contributed by atoms with Crippen molar-refractivity contribution in [3.8, 4) is 11.7 Å². The van der Waals surface area contributed by atoms with Gasteiger partial charge in [0.25, 0.3) is 0 Å². The predicted molar refractivity (Wildman–Crippen MR) is 98.8 cm³/mol. The van der Waals surface area contributed by atoms with Crippen LogP contribution in [-0.2, 0) is 0 Å². The molecule has 134 valence electrons. The zero-order chi connectivity index (χ0) is 17.9. The van der Waals surface area contributed by atoms with E-state index in [1.165, 1.54) is 0 Å². The highest BCUT2D eigenvalue weighted by atomic mass is 35.5. The lowest BCUT2D eigenvalue weighted by atomic mass is 9.86. The van der Waals surface area contributed by atoms with Crippen LogP contribution in [0.2, 0.25) is 5.02 Å². The van der Waals surface area contributed by atoms with Crippen LogP contribution in [-0.4, -0.2) is 30.8 Å². The van der Waals surface area contributed by atoms with Crippen LogP contribution in [0.25, 0.3) is 5.82 Å². The summed E-state index contributed by atoms with van der Waals surface area (Å²) in [6, 6.07) is 9.48. The molecule has 1 saturated carbocycles. The summed E-state index contributed by atoms with van der Waals surface area (Å²) in [6.07, 6.45) is 7.56. The molecule has 0 aromatic carbocycles. The Hall–Kier alpha value is -2.47. The molecule has 0 unspecified atom stereocenters. The zero-order valence-corrected chi connectivity index (χ0v) is 15.3. The van der Waals surface area contributed by atoms with Crippen molar-refractivity contribution in [1.82, 2.24) is 24.7 Å². The molecule has 26 heavy (non-hydrogen) atoms. The molecule has 0 aliphatic heterocycles. The highest BCUT2D eigenvalue weighted by molar-refractivity contribution is 6.30. The number of rotatable bonds is 4. The number of nitrogens with zero attached hydrogens (tertiary/aromatic N) is 5. The van der Waals surface area contributed by atoms with Crippen molar-refractivity contribution < 1.29 is 4.74 Å². The molecule has 0 saturated heterocycles. The van der Waals surface area contributed by atoms with Crippen LogP contribution in [0, 0.1) is 6.92 Å². The van der Waals surface area contributed by atoms with Gasteiger partial charge in [0.15, 0.2) is 0 Å². The average molecular weight is 370 g/mol. The fourth-order valence-corrected chi connectivity index (χ4v) is 3.56. The van der Waals surface area contributed by atoms with E-state index in [1.54, 1.807) is 12.4 Å². The van der Waals surface area contributed by atoms with E-state index in [9.17, 15) is 0 Å². The van der Waals surface area contributed by atoms with Crippen LogP contribution in [0.1, 0.15) is 43.3 Å². The first kappa shape index (κ1) is 17.0. The van der Waals surface area contributed by atoms with E-state index in [-0.39, 0.29) is 6.10 Å². The lowest BCUT2D eigenvalue weighted by molar-refractivity contribution is 0.139. The van der Waals surface area contributed by atoms with Crippen molar-refractivity contribution in [3.05, 3.63) is 59.4 Å². The highest BCUT2D eigenvalue weighted by Crippen LogP contribution is 2.34. The molecule has 4 rings (SSSR count). The second-order valence-electron chi connectivity index (χ2n) is 6.53. The summed E-state index contributed by atoms with van der Waals surface area (Å²) in [5.74, 6) is 3.65. The fraction of sp³-hybridized carbons (Fsp3) is 0.368. The van der Waals surface area contributed by atoms with Gasteiger partial charge < -0.3 is 4.74 Å². The van der Waals surface area contributed by atoms with Gasteiger partial charge in [-0.3, -0.25) is 4.57 Å². The summed E-state index contributed by atoms with van der Waals surface area (Å²) in [7, 11) is 0. The van der Waals surface area contributed by atoms with Gasteiger partial charge in [0, 0.05) is 24.4 Å². The molecule has 1 aliphatic rings. The molecular formula is C19H20ClN5O. The maximum Gasteiger partial charge on any atom is 0.213 e. The summed E-state index contributed by atoms with van der Waals surface area (Å²) in [5.41, 5.74) is 0. The van der Waals surface area contributed by atoms with Gasteiger partial charge in [-0.25, -0.2) is 9.97 Å². The molecule has 6 nitrogen and oxygen atoms in total. The van der Waals surface area contributed by atoms with Gasteiger partial charge in [0.05, 0.1) is 5.02 Å². The highest BCUT2D eigenvalue weighted by Gasteiger charge is 2.28. The lowest BCUT2D eigenvalue weighted by Crippen LogP contribution is -2.25. The van der Waals surface area contributed by atoms with Crippen molar-refractivity contribution in [3.63, 3.8) is 0 Å². The van der Waals surface area contributed by atoms with Crippen LogP contribution in [0.15, 0.2) is 42.7 Å². The van der Waals surface area contributed by atoms with Gasteiger partial charge in [-0.15, -0.1) is 10.2 Å². The number of halogens is 1. The lowest BCUT2D eigenvalue weighted by Gasteiger charge is -2.28. The number of aryl methyl sites for hydroxylation is 1. The predicted octanol–water partition coefficient (Wildman–Crippen LogP) is 4.12. The number of aromatic nitrogens is 5. The minimum Gasteiger partial charge on any atom is -0.474 e. The van der Waals surface area contributed by atoms with Crippen molar-refractivity contribution in [2.24, 2.45) is 0 Å². The molecule has 3 heterocycles. The molecule has 3 aromatic rings. The van der Waals surface area contributed by atoms with Crippen LogP contribution >= 0.6 is 11.6 Å². The standard InChI is InChI=1S/C19H20ClN5O/c1-13-23-24-19(25(13)17-10-7-15(20)12-22-17)14-5-8-16(9-6-14)26-18-4-2-3-11-21-18/h2-4,7,10-12,14,16H,5-6,8-9H2,1H3/t14-,16-. The second-order valence-corrected chi connectivity index (χ2v) is 6.97. The van der Waals surface area contributed by atoms with E-state index in [2.05, 4.69) is 20.2 Å². The Bertz CT molecular complexity index is 857. The average Bonchev–Trinajstić information content (AvgIpc) is 3.05. The molecule has 1 fully saturated rings. The molecule has 7 heteroatoms. The van der Waals surface area contributed by atoms with E-state index in [0.717, 1.165) is 43.1 Å². The van der Waals surface area contributed by atoms with E-state index in [4.69, 9.17) is 16.3 Å². The third-order valence-electron chi connectivity index (χ3n) is 4.76. The van der Waals surface area contributed by atoms with Gasteiger partial charge >= 0.3 is 0 Å². The Labute approximate surface area is 157 Å². The van der Waals surface area contributed by atoms with Gasteiger partial charge in [0.1, 0.15) is 23.6 Å². The second kappa shape index (κ2) is 7.41. The largest absolute Gasteiger partial charge is 0.474 e. The van der Waals surface area contributed by atoms with Gasteiger partial charge in [-0.2, -0.15) is 0 Å². The minimum absolute atomic E-state index is 0.201. The smallest absolute Gasteiger partial charge is 0.213 e. The first-order chi connectivity index (χ1) is 12.7. The normalized spacial score (nSPS) is 20.1. The molecule has 0 bridgehead atoms. The quantitative estimate of drug-likeness (QED) is 0.692. The molecule has 0 atom stereocenters. The number of hydrogen-bond donors (Lipinski definition) is 0. The van der Waals surface area contributed by atoms with E-state index in [0.29, 0.717) is 16.8 Å². The molecule has 0 spiro atoms. The number of ether oxygens (including phenoxy) is 1. The molecular weight excluding hydrogens is 350 g/mol. The monoisotopic (exact) mass is 369 g/mol. The number of hydrogen-bond acceptors (Lipinski definition) is 5. The van der Waals surface area contributed by atoms with Crippen LogP contribution in [0.4, 0.5) is 0 Å². The first-order valence-electron chi connectivity index (χ1n) is 8.82.